The lowest BCUT2D eigenvalue weighted by Gasteiger charge is -2.26. The number of hydrogen-bond acceptors (Lipinski definition) is 5. The number of nitrogens with zero attached hydrogens (tertiary/aromatic N) is 3. The third kappa shape index (κ3) is 5.47. The van der Waals surface area contributed by atoms with Gasteiger partial charge in [-0.15, -0.1) is 0 Å². The number of amides is 1. The summed E-state index contributed by atoms with van der Waals surface area (Å²) in [5.74, 6) is -0.139. The average Bonchev–Trinajstić information content (AvgIpc) is 3.13. The first-order valence-corrected chi connectivity index (χ1v) is 13.2. The molecule has 3 aromatic rings. The summed E-state index contributed by atoms with van der Waals surface area (Å²) in [7, 11) is -3.63. The van der Waals surface area contributed by atoms with Crippen LogP contribution in [0.15, 0.2) is 47.4 Å². The second-order valence-corrected chi connectivity index (χ2v) is 10.8. The Balaban J connectivity index is 1.43. The number of carbonyl (C=O) groups excluding carboxylic acids is 1. The molecule has 0 atom stereocenters. The van der Waals surface area contributed by atoms with Gasteiger partial charge in [0.05, 0.1) is 31.1 Å². The van der Waals surface area contributed by atoms with E-state index in [0.29, 0.717) is 56.3 Å². The van der Waals surface area contributed by atoms with Crippen LogP contribution in [0.5, 0.6) is 0 Å². The molecule has 0 radical (unpaired) electrons. The van der Waals surface area contributed by atoms with Gasteiger partial charge in [0.1, 0.15) is 4.90 Å². The highest BCUT2D eigenvalue weighted by Crippen LogP contribution is 2.25. The average molecular weight is 497 g/mol. The van der Waals surface area contributed by atoms with Gasteiger partial charge in [-0.3, -0.25) is 9.48 Å². The minimum absolute atomic E-state index is 0.139. The van der Waals surface area contributed by atoms with Crippen molar-refractivity contribution in [3.05, 3.63) is 81.7 Å². The third-order valence-corrected chi connectivity index (χ3v) is 8.61. The molecule has 4 rings (SSSR count). The SMILES string of the molecule is Cc1ccc(CNC(=O)c2ccc(Cn3nc(C)c(S(=O)(=O)N4CCOCC4)c3C)cc2)cc1C. The molecule has 2 aromatic carbocycles. The summed E-state index contributed by atoms with van der Waals surface area (Å²) in [6, 6.07) is 13.5. The number of hydrogen-bond donors (Lipinski definition) is 1. The number of rotatable bonds is 7. The van der Waals surface area contributed by atoms with Gasteiger partial charge >= 0.3 is 0 Å². The first-order chi connectivity index (χ1) is 16.7. The number of sulfonamides is 1. The van der Waals surface area contributed by atoms with Gasteiger partial charge in [0.2, 0.25) is 10.0 Å². The van der Waals surface area contributed by atoms with Crippen molar-refractivity contribution < 1.29 is 17.9 Å². The van der Waals surface area contributed by atoms with Crippen LogP contribution in [0.25, 0.3) is 0 Å². The Kier molecular flexibility index (Phi) is 7.39. The molecule has 1 aliphatic heterocycles. The maximum atomic E-state index is 13.2. The zero-order chi connectivity index (χ0) is 25.2. The number of ether oxygens (including phenoxy) is 1. The van der Waals surface area contributed by atoms with E-state index in [1.807, 2.05) is 18.2 Å². The molecular formula is C26H32N4O4S. The van der Waals surface area contributed by atoms with Gasteiger partial charge in [0, 0.05) is 25.2 Å². The fraction of sp³-hybridized carbons (Fsp3) is 0.385. The first-order valence-electron chi connectivity index (χ1n) is 11.7. The summed E-state index contributed by atoms with van der Waals surface area (Å²) >= 11 is 0. The third-order valence-electron chi connectivity index (χ3n) is 6.46. The van der Waals surface area contributed by atoms with E-state index in [2.05, 4.69) is 36.4 Å². The second kappa shape index (κ2) is 10.3. The number of carbonyl (C=O) groups is 1. The van der Waals surface area contributed by atoms with Crippen molar-refractivity contribution in [1.29, 1.82) is 0 Å². The zero-order valence-electron chi connectivity index (χ0n) is 20.7. The first kappa shape index (κ1) is 25.1. The van der Waals surface area contributed by atoms with Crippen LogP contribution >= 0.6 is 0 Å². The fourth-order valence-corrected chi connectivity index (χ4v) is 6.04. The Hall–Kier alpha value is -3.01. The lowest BCUT2D eigenvalue weighted by molar-refractivity contribution is 0.0730. The van der Waals surface area contributed by atoms with Crippen molar-refractivity contribution in [3.63, 3.8) is 0 Å². The van der Waals surface area contributed by atoms with E-state index in [-0.39, 0.29) is 10.8 Å². The van der Waals surface area contributed by atoms with Gasteiger partial charge in [0.15, 0.2) is 0 Å². The lowest BCUT2D eigenvalue weighted by atomic mass is 10.1. The van der Waals surface area contributed by atoms with E-state index < -0.39 is 10.0 Å². The Morgan fingerprint density at radius 3 is 2.29 bits per heavy atom. The van der Waals surface area contributed by atoms with E-state index in [1.54, 1.807) is 30.7 Å². The summed E-state index contributed by atoms with van der Waals surface area (Å²) < 4.78 is 34.8. The molecule has 0 unspecified atom stereocenters. The molecule has 1 N–H and O–H groups in total. The monoisotopic (exact) mass is 496 g/mol. The van der Waals surface area contributed by atoms with Gasteiger partial charge in [-0.05, 0) is 62.1 Å². The molecule has 1 aromatic heterocycles. The summed E-state index contributed by atoms with van der Waals surface area (Å²) in [4.78, 5) is 12.9. The maximum absolute atomic E-state index is 13.2. The van der Waals surface area contributed by atoms with Crippen LogP contribution in [0.1, 0.15) is 44.0 Å². The van der Waals surface area contributed by atoms with Gasteiger partial charge in [-0.25, -0.2) is 8.42 Å². The normalized spacial score (nSPS) is 14.7. The van der Waals surface area contributed by atoms with Crippen LogP contribution in [0.4, 0.5) is 0 Å². The van der Waals surface area contributed by atoms with E-state index in [9.17, 15) is 13.2 Å². The zero-order valence-corrected chi connectivity index (χ0v) is 21.5. The fourth-order valence-electron chi connectivity index (χ4n) is 4.26. The van der Waals surface area contributed by atoms with E-state index in [1.165, 1.54) is 15.4 Å². The molecule has 1 amide bonds. The minimum atomic E-state index is -3.63. The summed E-state index contributed by atoms with van der Waals surface area (Å²) in [5.41, 5.74) is 6.07. The largest absolute Gasteiger partial charge is 0.379 e. The van der Waals surface area contributed by atoms with Gasteiger partial charge in [-0.2, -0.15) is 9.40 Å². The van der Waals surface area contributed by atoms with Crippen LogP contribution in [-0.4, -0.2) is 54.7 Å². The molecule has 0 bridgehead atoms. The van der Waals surface area contributed by atoms with Crippen molar-refractivity contribution >= 4 is 15.9 Å². The van der Waals surface area contributed by atoms with Crippen LogP contribution in [-0.2, 0) is 27.8 Å². The molecule has 0 aliphatic carbocycles. The molecule has 1 aliphatic rings. The number of aryl methyl sites for hydroxylation is 3. The molecule has 0 spiro atoms. The lowest BCUT2D eigenvalue weighted by Crippen LogP contribution is -2.41. The Labute approximate surface area is 207 Å². The second-order valence-electron chi connectivity index (χ2n) is 8.97. The van der Waals surface area contributed by atoms with Crippen LogP contribution in [0.2, 0.25) is 0 Å². The van der Waals surface area contributed by atoms with Crippen molar-refractivity contribution in [2.75, 3.05) is 26.3 Å². The molecule has 35 heavy (non-hydrogen) atoms. The van der Waals surface area contributed by atoms with Crippen LogP contribution in [0, 0.1) is 27.7 Å². The topological polar surface area (TPSA) is 93.5 Å². The molecule has 0 saturated carbocycles. The predicted octanol–water partition coefficient (Wildman–Crippen LogP) is 3.12. The van der Waals surface area contributed by atoms with Crippen molar-refractivity contribution in [2.45, 2.75) is 45.7 Å². The van der Waals surface area contributed by atoms with Gasteiger partial charge < -0.3 is 10.1 Å². The molecule has 186 valence electrons. The van der Waals surface area contributed by atoms with Gasteiger partial charge in [-0.1, -0.05) is 30.3 Å². The highest BCUT2D eigenvalue weighted by atomic mass is 32.2. The van der Waals surface area contributed by atoms with Crippen molar-refractivity contribution in [2.24, 2.45) is 0 Å². The number of nitrogens with one attached hydrogen (secondary N) is 1. The Morgan fingerprint density at radius 2 is 1.63 bits per heavy atom. The molecular weight excluding hydrogens is 464 g/mol. The Bertz CT molecular complexity index is 1320. The van der Waals surface area contributed by atoms with E-state index in [0.717, 1.165) is 11.1 Å². The van der Waals surface area contributed by atoms with Crippen molar-refractivity contribution in [3.8, 4) is 0 Å². The molecule has 1 saturated heterocycles. The maximum Gasteiger partial charge on any atom is 0.251 e. The van der Waals surface area contributed by atoms with Gasteiger partial charge in [0.25, 0.3) is 5.91 Å². The highest BCUT2D eigenvalue weighted by Gasteiger charge is 2.32. The minimum Gasteiger partial charge on any atom is -0.379 e. The smallest absolute Gasteiger partial charge is 0.251 e. The quantitative estimate of drug-likeness (QED) is 0.543. The molecule has 9 heteroatoms. The number of aromatic nitrogens is 2. The van der Waals surface area contributed by atoms with Crippen LogP contribution < -0.4 is 5.32 Å². The standard InChI is InChI=1S/C26H32N4O4S/c1-18-5-6-23(15-19(18)2)16-27-26(31)24-9-7-22(8-10-24)17-30-21(4)25(20(3)28-30)35(32,33)29-11-13-34-14-12-29/h5-10,15H,11-14,16-17H2,1-4H3,(H,27,31). The predicted molar refractivity (Wildman–Crippen MR) is 134 cm³/mol. The summed E-state index contributed by atoms with van der Waals surface area (Å²) in [6.07, 6.45) is 0. The summed E-state index contributed by atoms with van der Waals surface area (Å²) in [6.45, 7) is 9.99. The molecule has 2 heterocycles. The van der Waals surface area contributed by atoms with E-state index >= 15 is 0 Å². The van der Waals surface area contributed by atoms with Crippen LogP contribution in [0.3, 0.4) is 0 Å². The van der Waals surface area contributed by atoms with Crippen molar-refractivity contribution in [1.82, 2.24) is 19.4 Å². The number of benzene rings is 2. The summed E-state index contributed by atoms with van der Waals surface area (Å²) in [5, 5.41) is 7.46. The number of morpholine rings is 1. The highest BCUT2D eigenvalue weighted by molar-refractivity contribution is 7.89. The van der Waals surface area contributed by atoms with E-state index in [4.69, 9.17) is 4.74 Å². The molecule has 8 nitrogen and oxygen atoms in total. The Morgan fingerprint density at radius 1 is 0.971 bits per heavy atom. The molecule has 1 fully saturated rings.